The van der Waals surface area contributed by atoms with Crippen LogP contribution in [0.25, 0.3) is 0 Å². The summed E-state index contributed by atoms with van der Waals surface area (Å²) in [5.41, 5.74) is -0.248. The van der Waals surface area contributed by atoms with E-state index >= 15 is 0 Å². The Hall–Kier alpha value is -0.660. The van der Waals surface area contributed by atoms with E-state index in [9.17, 15) is 13.2 Å². The van der Waals surface area contributed by atoms with Crippen LogP contribution < -0.4 is 5.14 Å². The molecule has 1 heterocycles. The van der Waals surface area contributed by atoms with Crippen molar-refractivity contribution in [1.82, 2.24) is 9.21 Å². The number of hydrogen-bond donors (Lipinski definition) is 1. The van der Waals surface area contributed by atoms with E-state index < -0.39 is 10.2 Å². The molecular weight excluding hydrogens is 266 g/mol. The Labute approximate surface area is 115 Å². The Kier molecular flexibility index (Phi) is 4.17. The van der Waals surface area contributed by atoms with E-state index in [0.717, 1.165) is 25.7 Å². The molecule has 0 atom stereocenters. The monoisotopic (exact) mass is 289 g/mol. The van der Waals surface area contributed by atoms with Gasteiger partial charge in [0.1, 0.15) is 0 Å². The molecule has 1 saturated carbocycles. The number of rotatable bonds is 2. The lowest BCUT2D eigenvalue weighted by Crippen LogP contribution is -2.55. The zero-order valence-electron chi connectivity index (χ0n) is 11.5. The largest absolute Gasteiger partial charge is 0.340 e. The Bertz CT molecular complexity index is 435. The Morgan fingerprint density at radius 3 is 2.05 bits per heavy atom. The van der Waals surface area contributed by atoms with Crippen molar-refractivity contribution in [1.29, 1.82) is 0 Å². The van der Waals surface area contributed by atoms with Crippen molar-refractivity contribution in [2.75, 3.05) is 26.2 Å². The van der Waals surface area contributed by atoms with Gasteiger partial charge in [-0.3, -0.25) is 4.79 Å². The Morgan fingerprint density at radius 2 is 1.58 bits per heavy atom. The topological polar surface area (TPSA) is 83.7 Å². The van der Waals surface area contributed by atoms with Gasteiger partial charge in [-0.1, -0.05) is 26.2 Å². The first-order valence-electron chi connectivity index (χ1n) is 6.90. The standard InChI is InChI=1S/C12H23N3O3S/c1-12(5-3-2-4-6-12)11(16)14-7-9-15(10-8-14)19(13,17)18/h2-10H2,1H3,(H2,13,17,18). The summed E-state index contributed by atoms with van der Waals surface area (Å²) >= 11 is 0. The van der Waals surface area contributed by atoms with Gasteiger partial charge in [-0.25, -0.2) is 5.14 Å². The van der Waals surface area contributed by atoms with Gasteiger partial charge in [0.15, 0.2) is 0 Å². The number of nitrogens with zero attached hydrogens (tertiary/aromatic N) is 2. The van der Waals surface area contributed by atoms with Crippen LogP contribution in [0.5, 0.6) is 0 Å². The molecule has 0 bridgehead atoms. The van der Waals surface area contributed by atoms with Gasteiger partial charge in [0.25, 0.3) is 10.2 Å². The molecule has 0 aromatic rings. The minimum atomic E-state index is -3.62. The van der Waals surface area contributed by atoms with Gasteiger partial charge in [-0.05, 0) is 12.8 Å². The quantitative estimate of drug-likeness (QED) is 0.794. The molecule has 2 fully saturated rings. The Balaban J connectivity index is 1.96. The van der Waals surface area contributed by atoms with Gasteiger partial charge in [-0.2, -0.15) is 12.7 Å². The van der Waals surface area contributed by atoms with Crippen molar-refractivity contribution in [2.24, 2.45) is 10.6 Å². The van der Waals surface area contributed by atoms with Crippen LogP contribution in [0.2, 0.25) is 0 Å². The van der Waals surface area contributed by atoms with Crippen LogP contribution in [0, 0.1) is 5.41 Å². The lowest BCUT2D eigenvalue weighted by atomic mass is 9.74. The summed E-state index contributed by atoms with van der Waals surface area (Å²) in [4.78, 5) is 14.4. The van der Waals surface area contributed by atoms with Crippen molar-refractivity contribution in [2.45, 2.75) is 39.0 Å². The summed E-state index contributed by atoms with van der Waals surface area (Å²) < 4.78 is 23.7. The third-order valence-corrected chi connectivity index (χ3v) is 5.44. The predicted octanol–water partition coefficient (Wildman–Crippen LogP) is 0.305. The molecule has 7 heteroatoms. The molecule has 1 aliphatic carbocycles. The van der Waals surface area contributed by atoms with Crippen molar-refractivity contribution >= 4 is 16.1 Å². The number of amides is 1. The first-order valence-corrected chi connectivity index (χ1v) is 8.40. The molecule has 1 saturated heterocycles. The van der Waals surface area contributed by atoms with Crippen LogP contribution in [-0.2, 0) is 15.0 Å². The number of carbonyl (C=O) groups excluding carboxylic acids is 1. The first-order chi connectivity index (χ1) is 8.83. The average molecular weight is 289 g/mol. The zero-order valence-corrected chi connectivity index (χ0v) is 12.3. The molecule has 0 unspecified atom stereocenters. The van der Waals surface area contributed by atoms with Gasteiger partial charge in [0, 0.05) is 31.6 Å². The third kappa shape index (κ3) is 3.27. The molecule has 2 N–H and O–H groups in total. The van der Waals surface area contributed by atoms with Gasteiger partial charge >= 0.3 is 0 Å². The molecule has 2 aliphatic rings. The summed E-state index contributed by atoms with van der Waals surface area (Å²) in [6.45, 7) is 3.55. The van der Waals surface area contributed by atoms with E-state index in [-0.39, 0.29) is 11.3 Å². The minimum absolute atomic E-state index is 0.182. The second kappa shape index (κ2) is 5.38. The van der Waals surface area contributed by atoms with Crippen molar-refractivity contribution in [3.05, 3.63) is 0 Å². The number of carbonyl (C=O) groups is 1. The number of nitrogens with two attached hydrogens (primary N) is 1. The zero-order chi connectivity index (χ0) is 14.1. The molecule has 0 aromatic heterocycles. The molecule has 0 spiro atoms. The summed E-state index contributed by atoms with van der Waals surface area (Å²) in [6, 6.07) is 0. The maximum Gasteiger partial charge on any atom is 0.277 e. The van der Waals surface area contributed by atoms with E-state index in [0.29, 0.717) is 26.2 Å². The second-order valence-corrected chi connectivity index (χ2v) is 7.40. The Morgan fingerprint density at radius 1 is 1.05 bits per heavy atom. The molecule has 19 heavy (non-hydrogen) atoms. The lowest BCUT2D eigenvalue weighted by Gasteiger charge is -2.40. The van der Waals surface area contributed by atoms with Gasteiger partial charge in [0.05, 0.1) is 0 Å². The van der Waals surface area contributed by atoms with Gasteiger partial charge in [-0.15, -0.1) is 0 Å². The normalized spacial score (nSPS) is 25.3. The lowest BCUT2D eigenvalue weighted by molar-refractivity contribution is -0.144. The molecule has 0 radical (unpaired) electrons. The van der Waals surface area contributed by atoms with Crippen LogP contribution in [0.1, 0.15) is 39.0 Å². The molecule has 1 amide bonds. The molecule has 110 valence electrons. The highest BCUT2D eigenvalue weighted by Gasteiger charge is 2.39. The molecule has 6 nitrogen and oxygen atoms in total. The molecular formula is C12H23N3O3S. The van der Waals surface area contributed by atoms with Crippen molar-refractivity contribution in [3.63, 3.8) is 0 Å². The molecule has 1 aliphatic heterocycles. The van der Waals surface area contributed by atoms with Crippen molar-refractivity contribution in [3.8, 4) is 0 Å². The van der Waals surface area contributed by atoms with Crippen LogP contribution in [0.15, 0.2) is 0 Å². The highest BCUT2D eigenvalue weighted by Crippen LogP contribution is 2.37. The number of hydrogen-bond acceptors (Lipinski definition) is 3. The maximum absolute atomic E-state index is 12.6. The van der Waals surface area contributed by atoms with Crippen LogP contribution >= 0.6 is 0 Å². The maximum atomic E-state index is 12.6. The molecule has 0 aromatic carbocycles. The predicted molar refractivity (Wildman–Crippen MR) is 72.5 cm³/mol. The fraction of sp³-hybridized carbons (Fsp3) is 0.917. The third-order valence-electron chi connectivity index (χ3n) is 4.36. The fourth-order valence-electron chi connectivity index (χ4n) is 3.07. The average Bonchev–Trinajstić information content (AvgIpc) is 2.38. The summed E-state index contributed by atoms with van der Waals surface area (Å²) in [6.07, 6.45) is 5.32. The van der Waals surface area contributed by atoms with E-state index in [1.165, 1.54) is 10.7 Å². The smallest absolute Gasteiger partial charge is 0.277 e. The highest BCUT2D eigenvalue weighted by atomic mass is 32.2. The van der Waals surface area contributed by atoms with E-state index in [1.807, 2.05) is 6.92 Å². The molecule has 2 rings (SSSR count). The van der Waals surface area contributed by atoms with Gasteiger partial charge < -0.3 is 4.90 Å². The van der Waals surface area contributed by atoms with Crippen LogP contribution in [-0.4, -0.2) is 49.7 Å². The van der Waals surface area contributed by atoms with Gasteiger partial charge in [0.2, 0.25) is 5.91 Å². The highest BCUT2D eigenvalue weighted by molar-refractivity contribution is 7.86. The summed E-state index contributed by atoms with van der Waals surface area (Å²) in [5.74, 6) is 0.182. The summed E-state index contributed by atoms with van der Waals surface area (Å²) in [5, 5.41) is 5.10. The fourth-order valence-corrected chi connectivity index (χ4v) is 3.75. The second-order valence-electron chi connectivity index (χ2n) is 5.86. The van der Waals surface area contributed by atoms with E-state index in [1.54, 1.807) is 4.90 Å². The van der Waals surface area contributed by atoms with Crippen molar-refractivity contribution < 1.29 is 13.2 Å². The summed E-state index contributed by atoms with van der Waals surface area (Å²) in [7, 11) is -3.62. The minimum Gasteiger partial charge on any atom is -0.340 e. The van der Waals surface area contributed by atoms with E-state index in [4.69, 9.17) is 5.14 Å². The first kappa shape index (κ1) is 14.7. The number of piperazine rings is 1. The van der Waals surface area contributed by atoms with E-state index in [2.05, 4.69) is 0 Å². The SMILES string of the molecule is CC1(C(=O)N2CCN(S(N)(=O)=O)CC2)CCCCC1. The van der Waals surface area contributed by atoms with Crippen LogP contribution in [0.4, 0.5) is 0 Å². The van der Waals surface area contributed by atoms with Crippen LogP contribution in [0.3, 0.4) is 0 Å².